The number of carbonyl (C=O) groups excluding carboxylic acids is 1. The Labute approximate surface area is 151 Å². The molecule has 1 aromatic heterocycles. The average molecular weight is 358 g/mol. The van der Waals surface area contributed by atoms with E-state index in [2.05, 4.69) is 27.6 Å². The van der Waals surface area contributed by atoms with Gasteiger partial charge in [0.1, 0.15) is 5.75 Å². The highest BCUT2D eigenvalue weighted by Gasteiger charge is 2.27. The van der Waals surface area contributed by atoms with Gasteiger partial charge in [-0.1, -0.05) is 6.07 Å². The van der Waals surface area contributed by atoms with Crippen molar-refractivity contribution in [2.24, 2.45) is 0 Å². The summed E-state index contributed by atoms with van der Waals surface area (Å²) in [5.74, 6) is 1.38. The van der Waals surface area contributed by atoms with Gasteiger partial charge in [0.05, 0.1) is 6.54 Å². The van der Waals surface area contributed by atoms with Crippen LogP contribution in [0, 0.1) is 4.77 Å². The summed E-state index contributed by atoms with van der Waals surface area (Å²) in [5.41, 5.74) is 2.76. The van der Waals surface area contributed by atoms with Gasteiger partial charge in [-0.25, -0.2) is 0 Å². The third-order valence-electron chi connectivity index (χ3n) is 4.82. The highest BCUT2D eigenvalue weighted by molar-refractivity contribution is 7.71. The van der Waals surface area contributed by atoms with Crippen molar-refractivity contribution in [2.45, 2.75) is 51.1 Å². The Morgan fingerprint density at radius 1 is 1.32 bits per heavy atom. The van der Waals surface area contributed by atoms with Crippen LogP contribution in [0.4, 0.5) is 0 Å². The number of H-pyrrole nitrogens is 1. The number of aryl methyl sites for hydroxylation is 2. The van der Waals surface area contributed by atoms with Crippen LogP contribution in [0.3, 0.4) is 0 Å². The zero-order valence-electron chi connectivity index (χ0n) is 14.1. The molecule has 132 valence electrons. The van der Waals surface area contributed by atoms with Crippen molar-refractivity contribution in [2.75, 3.05) is 6.61 Å². The number of ether oxygens (including phenoxy) is 1. The molecule has 1 heterocycles. The molecule has 2 N–H and O–H groups in total. The first-order valence-electron chi connectivity index (χ1n) is 8.88. The molecular weight excluding hydrogens is 336 g/mol. The van der Waals surface area contributed by atoms with Crippen LogP contribution in [0.5, 0.6) is 5.75 Å². The molecule has 0 saturated heterocycles. The standard InChI is InChI=1S/C18H22N4O2S/c23-17(19-10-16-20-21-18(25)22(16)14-6-7-14)11-24-15-8-5-12-3-1-2-4-13(12)9-15/h5,8-9,14H,1-4,6-7,10-11H2,(H,19,23)(H,21,25). The molecule has 0 bridgehead atoms. The lowest BCUT2D eigenvalue weighted by Crippen LogP contribution is -2.29. The Morgan fingerprint density at radius 3 is 2.92 bits per heavy atom. The summed E-state index contributed by atoms with van der Waals surface area (Å²) in [6, 6.07) is 6.58. The second-order valence-corrected chi connectivity index (χ2v) is 7.14. The monoisotopic (exact) mass is 358 g/mol. The number of hydrogen-bond acceptors (Lipinski definition) is 4. The summed E-state index contributed by atoms with van der Waals surface area (Å²) in [6.45, 7) is 0.364. The van der Waals surface area contributed by atoms with Crippen LogP contribution in [-0.2, 0) is 24.2 Å². The molecular formula is C18H22N4O2S. The summed E-state index contributed by atoms with van der Waals surface area (Å²) in [5, 5.41) is 9.86. The van der Waals surface area contributed by atoms with E-state index in [1.54, 1.807) is 0 Å². The Hall–Kier alpha value is -2.15. The number of benzene rings is 1. The average Bonchev–Trinajstić information content (AvgIpc) is 3.40. The summed E-state index contributed by atoms with van der Waals surface area (Å²) in [4.78, 5) is 12.1. The predicted molar refractivity (Wildman–Crippen MR) is 96.1 cm³/mol. The van der Waals surface area contributed by atoms with Gasteiger partial charge in [-0.3, -0.25) is 14.5 Å². The van der Waals surface area contributed by atoms with Crippen LogP contribution in [0.2, 0.25) is 0 Å². The van der Waals surface area contributed by atoms with E-state index in [0.717, 1.165) is 37.3 Å². The van der Waals surface area contributed by atoms with E-state index < -0.39 is 0 Å². The molecule has 0 atom stereocenters. The van der Waals surface area contributed by atoms with Gasteiger partial charge in [-0.05, 0) is 74.0 Å². The first-order valence-corrected chi connectivity index (χ1v) is 9.28. The van der Waals surface area contributed by atoms with Gasteiger partial charge in [-0.2, -0.15) is 5.10 Å². The summed E-state index contributed by atoms with van der Waals surface area (Å²) < 4.78 is 8.27. The minimum atomic E-state index is -0.158. The van der Waals surface area contributed by atoms with E-state index in [1.165, 1.54) is 24.0 Å². The van der Waals surface area contributed by atoms with Crippen LogP contribution in [0.25, 0.3) is 0 Å². The maximum Gasteiger partial charge on any atom is 0.258 e. The molecule has 1 fully saturated rings. The van der Waals surface area contributed by atoms with Crippen molar-refractivity contribution in [1.29, 1.82) is 0 Å². The van der Waals surface area contributed by atoms with E-state index in [1.807, 2.05) is 10.6 Å². The predicted octanol–water partition coefficient (Wildman–Crippen LogP) is 2.85. The fourth-order valence-electron chi connectivity index (χ4n) is 3.35. The fourth-order valence-corrected chi connectivity index (χ4v) is 3.65. The van der Waals surface area contributed by atoms with E-state index in [9.17, 15) is 4.79 Å². The molecule has 0 radical (unpaired) electrons. The molecule has 25 heavy (non-hydrogen) atoms. The Kier molecular flexibility index (Phi) is 4.57. The Morgan fingerprint density at radius 2 is 2.12 bits per heavy atom. The van der Waals surface area contributed by atoms with Gasteiger partial charge < -0.3 is 10.1 Å². The number of nitrogens with one attached hydrogen (secondary N) is 2. The molecule has 2 aliphatic carbocycles. The van der Waals surface area contributed by atoms with Gasteiger partial charge in [0.15, 0.2) is 17.2 Å². The second-order valence-electron chi connectivity index (χ2n) is 6.75. The molecule has 0 aliphatic heterocycles. The van der Waals surface area contributed by atoms with Crippen LogP contribution < -0.4 is 10.1 Å². The number of rotatable bonds is 6. The quantitative estimate of drug-likeness (QED) is 0.779. The molecule has 1 aromatic carbocycles. The molecule has 0 unspecified atom stereocenters. The van der Waals surface area contributed by atoms with E-state index in [4.69, 9.17) is 17.0 Å². The zero-order chi connectivity index (χ0) is 17.2. The SMILES string of the molecule is O=C(COc1ccc2c(c1)CCCC2)NCc1n[nH]c(=S)n1C1CC1. The van der Waals surface area contributed by atoms with Crippen molar-refractivity contribution in [3.05, 3.63) is 39.9 Å². The number of aromatic nitrogens is 3. The van der Waals surface area contributed by atoms with Crippen molar-refractivity contribution < 1.29 is 9.53 Å². The van der Waals surface area contributed by atoms with Crippen LogP contribution >= 0.6 is 12.2 Å². The van der Waals surface area contributed by atoms with Crippen LogP contribution in [-0.4, -0.2) is 27.3 Å². The highest BCUT2D eigenvalue weighted by Crippen LogP contribution is 2.35. The second kappa shape index (κ2) is 7.00. The van der Waals surface area contributed by atoms with Crippen molar-refractivity contribution in [3.8, 4) is 5.75 Å². The maximum absolute atomic E-state index is 12.1. The molecule has 0 spiro atoms. The molecule has 2 aliphatic rings. The highest BCUT2D eigenvalue weighted by atomic mass is 32.1. The topological polar surface area (TPSA) is 71.9 Å². The number of nitrogens with zero attached hydrogens (tertiary/aromatic N) is 2. The first-order chi connectivity index (χ1) is 12.2. The molecule has 7 heteroatoms. The third kappa shape index (κ3) is 3.76. The zero-order valence-corrected chi connectivity index (χ0v) is 14.9. The van der Waals surface area contributed by atoms with Crippen molar-refractivity contribution in [1.82, 2.24) is 20.1 Å². The normalized spacial score (nSPS) is 16.3. The lowest BCUT2D eigenvalue weighted by atomic mass is 9.92. The van der Waals surface area contributed by atoms with Crippen molar-refractivity contribution >= 4 is 18.1 Å². The summed E-state index contributed by atoms with van der Waals surface area (Å²) in [7, 11) is 0. The molecule has 4 rings (SSSR count). The lowest BCUT2D eigenvalue weighted by Gasteiger charge is -2.16. The van der Waals surface area contributed by atoms with Gasteiger partial charge in [0.25, 0.3) is 5.91 Å². The number of amides is 1. The van der Waals surface area contributed by atoms with Gasteiger partial charge in [0, 0.05) is 6.04 Å². The largest absolute Gasteiger partial charge is 0.484 e. The maximum atomic E-state index is 12.1. The summed E-state index contributed by atoms with van der Waals surface area (Å²) >= 11 is 5.24. The van der Waals surface area contributed by atoms with Crippen LogP contribution in [0.1, 0.15) is 48.7 Å². The fraction of sp³-hybridized carbons (Fsp3) is 0.500. The Bertz CT molecular complexity index is 838. The molecule has 6 nitrogen and oxygen atoms in total. The van der Waals surface area contributed by atoms with Crippen LogP contribution in [0.15, 0.2) is 18.2 Å². The number of fused-ring (bicyclic) bond motifs is 1. The van der Waals surface area contributed by atoms with E-state index in [0.29, 0.717) is 17.4 Å². The molecule has 2 aromatic rings. The lowest BCUT2D eigenvalue weighted by molar-refractivity contribution is -0.123. The van der Waals surface area contributed by atoms with E-state index in [-0.39, 0.29) is 12.5 Å². The number of carbonyl (C=O) groups is 1. The minimum absolute atomic E-state index is 0.00731. The first kappa shape index (κ1) is 16.3. The van der Waals surface area contributed by atoms with Gasteiger partial charge >= 0.3 is 0 Å². The van der Waals surface area contributed by atoms with Crippen molar-refractivity contribution in [3.63, 3.8) is 0 Å². The molecule has 1 amide bonds. The van der Waals surface area contributed by atoms with Gasteiger partial charge in [-0.15, -0.1) is 0 Å². The Balaban J connectivity index is 1.30. The third-order valence-corrected chi connectivity index (χ3v) is 5.11. The smallest absolute Gasteiger partial charge is 0.258 e. The summed E-state index contributed by atoms with van der Waals surface area (Å²) in [6.07, 6.45) is 6.97. The van der Waals surface area contributed by atoms with E-state index >= 15 is 0 Å². The van der Waals surface area contributed by atoms with Gasteiger partial charge in [0.2, 0.25) is 0 Å². The number of aromatic amines is 1. The number of hydrogen-bond donors (Lipinski definition) is 2. The minimum Gasteiger partial charge on any atom is -0.484 e. The molecule has 1 saturated carbocycles.